The highest BCUT2D eigenvalue weighted by molar-refractivity contribution is 5.72. The molecule has 2 rings (SSSR count). The number of hydrogen-bond acceptors (Lipinski definition) is 3. The van der Waals surface area contributed by atoms with Crippen LogP contribution in [0.4, 0.5) is 0 Å². The molecule has 0 aliphatic carbocycles. The minimum Gasteiger partial charge on any atom is -0.472 e. The lowest BCUT2D eigenvalue weighted by atomic mass is 10.2. The van der Waals surface area contributed by atoms with Gasteiger partial charge in [-0.1, -0.05) is 30.3 Å². The number of aldehydes is 1. The quantitative estimate of drug-likeness (QED) is 0.740. The first kappa shape index (κ1) is 11.4. The summed E-state index contributed by atoms with van der Waals surface area (Å²) in [5.41, 5.74) is 1.61. The molecule has 2 aromatic rings. The Morgan fingerprint density at radius 3 is 2.71 bits per heavy atom. The van der Waals surface area contributed by atoms with E-state index in [-0.39, 0.29) is 0 Å². The van der Waals surface area contributed by atoms with Crippen molar-refractivity contribution >= 4 is 6.29 Å². The Balaban J connectivity index is 2.04. The van der Waals surface area contributed by atoms with Crippen LogP contribution in [0.1, 0.15) is 23.0 Å². The third-order valence-electron chi connectivity index (χ3n) is 2.44. The van der Waals surface area contributed by atoms with E-state index in [9.17, 15) is 4.79 Å². The SMILES string of the molecule is CCn1nc(OCc2ccccc2)cc1C=O. The second-order valence-electron chi connectivity index (χ2n) is 3.62. The first-order chi connectivity index (χ1) is 8.33. The Hall–Kier alpha value is -2.10. The van der Waals surface area contributed by atoms with Crippen molar-refractivity contribution in [1.82, 2.24) is 9.78 Å². The molecule has 0 spiro atoms. The second-order valence-corrected chi connectivity index (χ2v) is 3.62. The number of aryl methyl sites for hydroxylation is 1. The zero-order valence-electron chi connectivity index (χ0n) is 9.67. The number of aromatic nitrogens is 2. The van der Waals surface area contributed by atoms with Crippen molar-refractivity contribution in [2.24, 2.45) is 0 Å². The summed E-state index contributed by atoms with van der Waals surface area (Å²) >= 11 is 0. The molecule has 0 aliphatic heterocycles. The summed E-state index contributed by atoms with van der Waals surface area (Å²) < 4.78 is 7.14. The highest BCUT2D eigenvalue weighted by Gasteiger charge is 2.06. The summed E-state index contributed by atoms with van der Waals surface area (Å²) in [6.07, 6.45) is 0.784. The molecular formula is C13H14N2O2. The molecule has 0 aliphatic rings. The van der Waals surface area contributed by atoms with E-state index in [4.69, 9.17) is 4.74 Å². The van der Waals surface area contributed by atoms with Crippen LogP contribution in [-0.2, 0) is 13.2 Å². The van der Waals surface area contributed by atoms with Gasteiger partial charge >= 0.3 is 0 Å². The standard InChI is InChI=1S/C13H14N2O2/c1-2-15-12(9-16)8-13(14-15)17-10-11-6-4-3-5-7-11/h3-9H,2,10H2,1H3. The van der Waals surface area contributed by atoms with Gasteiger partial charge in [-0.05, 0) is 12.5 Å². The molecule has 4 heteroatoms. The molecular weight excluding hydrogens is 216 g/mol. The van der Waals surface area contributed by atoms with Crippen molar-refractivity contribution in [3.63, 3.8) is 0 Å². The molecule has 0 fully saturated rings. The fourth-order valence-electron chi connectivity index (χ4n) is 1.56. The van der Waals surface area contributed by atoms with Gasteiger partial charge in [0, 0.05) is 12.6 Å². The molecule has 0 bridgehead atoms. The molecule has 0 unspecified atom stereocenters. The van der Waals surface area contributed by atoms with Crippen LogP contribution in [0.2, 0.25) is 0 Å². The van der Waals surface area contributed by atoms with Gasteiger partial charge in [0.25, 0.3) is 0 Å². The molecule has 4 nitrogen and oxygen atoms in total. The maximum Gasteiger partial charge on any atom is 0.233 e. The molecule has 0 N–H and O–H groups in total. The van der Waals surface area contributed by atoms with E-state index in [1.807, 2.05) is 37.3 Å². The average molecular weight is 230 g/mol. The van der Waals surface area contributed by atoms with Gasteiger partial charge in [0.05, 0.1) is 0 Å². The van der Waals surface area contributed by atoms with Gasteiger partial charge in [0.1, 0.15) is 12.3 Å². The molecule has 1 aromatic heterocycles. The topological polar surface area (TPSA) is 44.1 Å². The maximum atomic E-state index is 10.8. The molecule has 0 saturated carbocycles. The third kappa shape index (κ3) is 2.72. The molecule has 0 saturated heterocycles. The van der Waals surface area contributed by atoms with E-state index in [0.717, 1.165) is 11.8 Å². The smallest absolute Gasteiger partial charge is 0.233 e. The molecule has 0 radical (unpaired) electrons. The normalized spacial score (nSPS) is 10.2. The minimum atomic E-state index is 0.458. The van der Waals surface area contributed by atoms with E-state index >= 15 is 0 Å². The van der Waals surface area contributed by atoms with Crippen molar-refractivity contribution in [2.45, 2.75) is 20.1 Å². The zero-order chi connectivity index (χ0) is 12.1. The van der Waals surface area contributed by atoms with Gasteiger partial charge in [-0.3, -0.25) is 9.48 Å². The number of carbonyl (C=O) groups excluding carboxylic acids is 1. The van der Waals surface area contributed by atoms with Crippen LogP contribution in [0, 0.1) is 0 Å². The third-order valence-corrected chi connectivity index (χ3v) is 2.44. The van der Waals surface area contributed by atoms with Crippen molar-refractivity contribution in [1.29, 1.82) is 0 Å². The summed E-state index contributed by atoms with van der Waals surface area (Å²) in [7, 11) is 0. The Bertz CT molecular complexity index is 491. The molecule has 88 valence electrons. The highest BCUT2D eigenvalue weighted by atomic mass is 16.5. The second kappa shape index (κ2) is 5.30. The number of ether oxygens (including phenoxy) is 1. The van der Waals surface area contributed by atoms with Crippen LogP contribution < -0.4 is 4.74 Å². The van der Waals surface area contributed by atoms with Crippen molar-refractivity contribution in [3.8, 4) is 5.88 Å². The monoisotopic (exact) mass is 230 g/mol. The van der Waals surface area contributed by atoms with Gasteiger partial charge in [-0.2, -0.15) is 0 Å². The van der Waals surface area contributed by atoms with Gasteiger partial charge in [-0.25, -0.2) is 0 Å². The number of nitrogens with zero attached hydrogens (tertiary/aromatic N) is 2. The first-order valence-corrected chi connectivity index (χ1v) is 5.53. The minimum absolute atomic E-state index is 0.458. The lowest BCUT2D eigenvalue weighted by molar-refractivity contribution is 0.111. The molecule has 1 aromatic carbocycles. The average Bonchev–Trinajstić information content (AvgIpc) is 2.80. The first-order valence-electron chi connectivity index (χ1n) is 5.53. The number of rotatable bonds is 5. The largest absolute Gasteiger partial charge is 0.472 e. The van der Waals surface area contributed by atoms with Crippen molar-refractivity contribution in [2.75, 3.05) is 0 Å². The number of carbonyl (C=O) groups is 1. The summed E-state index contributed by atoms with van der Waals surface area (Å²) in [5, 5.41) is 4.18. The van der Waals surface area contributed by atoms with E-state index in [0.29, 0.717) is 24.7 Å². The van der Waals surface area contributed by atoms with Crippen LogP contribution in [0.3, 0.4) is 0 Å². The predicted octanol–water partition coefficient (Wildman–Crippen LogP) is 2.29. The summed E-state index contributed by atoms with van der Waals surface area (Å²) in [4.78, 5) is 10.8. The number of hydrogen-bond donors (Lipinski definition) is 0. The molecule has 17 heavy (non-hydrogen) atoms. The predicted molar refractivity (Wildman–Crippen MR) is 64.1 cm³/mol. The Morgan fingerprint density at radius 2 is 2.12 bits per heavy atom. The Kier molecular flexibility index (Phi) is 3.55. The van der Waals surface area contributed by atoms with Crippen LogP contribution in [0.15, 0.2) is 36.4 Å². The number of benzene rings is 1. The maximum absolute atomic E-state index is 10.8. The van der Waals surface area contributed by atoms with Crippen molar-refractivity contribution in [3.05, 3.63) is 47.7 Å². The molecule has 0 atom stereocenters. The van der Waals surface area contributed by atoms with Gasteiger partial charge in [-0.15, -0.1) is 5.10 Å². The summed E-state index contributed by atoms with van der Waals surface area (Å²) in [6, 6.07) is 11.5. The van der Waals surface area contributed by atoms with E-state index in [1.54, 1.807) is 10.7 Å². The van der Waals surface area contributed by atoms with Crippen LogP contribution in [0.25, 0.3) is 0 Å². The van der Waals surface area contributed by atoms with Crippen LogP contribution in [-0.4, -0.2) is 16.1 Å². The molecule has 1 heterocycles. The Labute approximate surface area is 99.8 Å². The van der Waals surface area contributed by atoms with E-state index < -0.39 is 0 Å². The fourth-order valence-corrected chi connectivity index (χ4v) is 1.56. The summed E-state index contributed by atoms with van der Waals surface area (Å²) in [5.74, 6) is 0.484. The van der Waals surface area contributed by atoms with Gasteiger partial charge in [0.2, 0.25) is 5.88 Å². The van der Waals surface area contributed by atoms with Crippen molar-refractivity contribution < 1.29 is 9.53 Å². The van der Waals surface area contributed by atoms with Gasteiger partial charge < -0.3 is 4.74 Å². The van der Waals surface area contributed by atoms with Crippen LogP contribution >= 0.6 is 0 Å². The fraction of sp³-hybridized carbons (Fsp3) is 0.231. The van der Waals surface area contributed by atoms with E-state index in [1.165, 1.54) is 0 Å². The Morgan fingerprint density at radius 1 is 1.35 bits per heavy atom. The van der Waals surface area contributed by atoms with Gasteiger partial charge in [0.15, 0.2) is 6.29 Å². The van der Waals surface area contributed by atoms with Crippen LogP contribution in [0.5, 0.6) is 5.88 Å². The molecule has 0 amide bonds. The lowest BCUT2D eigenvalue weighted by Gasteiger charge is -2.02. The highest BCUT2D eigenvalue weighted by Crippen LogP contribution is 2.12. The lowest BCUT2D eigenvalue weighted by Crippen LogP contribution is -2.01. The zero-order valence-corrected chi connectivity index (χ0v) is 9.67. The summed E-state index contributed by atoms with van der Waals surface area (Å²) in [6.45, 7) is 3.05. The van der Waals surface area contributed by atoms with E-state index in [2.05, 4.69) is 5.10 Å².